The summed E-state index contributed by atoms with van der Waals surface area (Å²) in [5.74, 6) is 0.816. The van der Waals surface area contributed by atoms with Crippen LogP contribution in [0.4, 0.5) is 0 Å². The molecule has 2 aliphatic rings. The van der Waals surface area contributed by atoms with E-state index in [9.17, 15) is 13.2 Å². The highest BCUT2D eigenvalue weighted by Gasteiger charge is 2.28. The fraction of sp³-hybridized carbons (Fsp3) is 0.0435. The predicted molar refractivity (Wildman–Crippen MR) is 123 cm³/mol. The topological polar surface area (TPSA) is 94.1 Å². The number of hydrogen-bond acceptors (Lipinski definition) is 6. The summed E-state index contributed by atoms with van der Waals surface area (Å²) in [5.41, 5.74) is 2.03. The summed E-state index contributed by atoms with van der Waals surface area (Å²) in [4.78, 5) is 12.8. The number of ether oxygens (including phenoxy) is 2. The van der Waals surface area contributed by atoms with Crippen LogP contribution in [0.1, 0.15) is 5.56 Å². The van der Waals surface area contributed by atoms with Crippen LogP contribution in [0.25, 0.3) is 17.2 Å². The van der Waals surface area contributed by atoms with Gasteiger partial charge in [0, 0.05) is 5.56 Å². The van der Waals surface area contributed by atoms with Crippen molar-refractivity contribution in [3.05, 3.63) is 83.3 Å². The first-order valence-electron chi connectivity index (χ1n) is 9.60. The van der Waals surface area contributed by atoms with Gasteiger partial charge in [-0.2, -0.15) is 8.42 Å². The Morgan fingerprint density at radius 3 is 2.53 bits per heavy atom. The molecule has 0 bridgehead atoms. The molecule has 0 atom stereocenters. The van der Waals surface area contributed by atoms with Crippen molar-refractivity contribution in [1.29, 1.82) is 0 Å². The highest BCUT2D eigenvalue weighted by atomic mass is 32.2. The Labute approximate surface area is 188 Å². The van der Waals surface area contributed by atoms with E-state index in [1.165, 1.54) is 6.07 Å². The van der Waals surface area contributed by atoms with Gasteiger partial charge in [-0.1, -0.05) is 54.6 Å². The average Bonchev–Trinajstić information content (AvgIpc) is 3.40. The maximum Gasteiger partial charge on any atom is 0.285 e. The highest BCUT2D eigenvalue weighted by molar-refractivity contribution is 8.19. The van der Waals surface area contributed by atoms with Gasteiger partial charge in [0.1, 0.15) is 0 Å². The minimum atomic E-state index is -4.06. The van der Waals surface area contributed by atoms with Crippen LogP contribution in [0.15, 0.2) is 87.0 Å². The van der Waals surface area contributed by atoms with Gasteiger partial charge in [0.05, 0.1) is 9.80 Å². The van der Waals surface area contributed by atoms with Crippen molar-refractivity contribution in [1.82, 2.24) is 5.32 Å². The molecule has 1 N–H and O–H groups in total. The fourth-order valence-electron chi connectivity index (χ4n) is 3.33. The Bertz CT molecular complexity index is 1380. The second-order valence-corrected chi connectivity index (χ2v) is 9.51. The van der Waals surface area contributed by atoms with Gasteiger partial charge in [-0.15, -0.1) is 4.40 Å². The van der Waals surface area contributed by atoms with Crippen molar-refractivity contribution >= 4 is 38.9 Å². The summed E-state index contributed by atoms with van der Waals surface area (Å²) in [6.07, 6.45) is 1.65. The van der Waals surface area contributed by atoms with Crippen LogP contribution in [0.2, 0.25) is 0 Å². The van der Waals surface area contributed by atoms with Crippen molar-refractivity contribution in [3.8, 4) is 22.6 Å². The quantitative estimate of drug-likeness (QED) is 0.586. The van der Waals surface area contributed by atoms with E-state index in [4.69, 9.17) is 9.47 Å². The number of thioether (sulfide) groups is 1. The third-order valence-electron chi connectivity index (χ3n) is 4.80. The SMILES string of the molecule is O=C1NC(=NS(=O)(=O)c2ccccc2-c2ccccc2)SC1=Cc1ccc2c(c1)OCO2. The Kier molecular flexibility index (Phi) is 5.20. The molecular weight excluding hydrogens is 448 g/mol. The molecule has 0 aliphatic carbocycles. The van der Waals surface area contributed by atoms with E-state index in [2.05, 4.69) is 9.71 Å². The van der Waals surface area contributed by atoms with Crippen molar-refractivity contribution in [2.24, 2.45) is 4.40 Å². The number of amides is 1. The van der Waals surface area contributed by atoms with Gasteiger partial charge in [0.2, 0.25) is 6.79 Å². The normalized spacial score (nSPS) is 17.7. The molecule has 5 rings (SSSR count). The van der Waals surface area contributed by atoms with E-state index in [1.807, 2.05) is 30.3 Å². The largest absolute Gasteiger partial charge is 0.454 e. The lowest BCUT2D eigenvalue weighted by atomic mass is 10.1. The number of nitrogens with one attached hydrogen (secondary N) is 1. The lowest BCUT2D eigenvalue weighted by Gasteiger charge is -2.08. The number of benzene rings is 3. The van der Waals surface area contributed by atoms with Gasteiger partial charge in [0.15, 0.2) is 16.7 Å². The number of carbonyl (C=O) groups excluding carboxylic acids is 1. The number of carbonyl (C=O) groups is 1. The Balaban J connectivity index is 1.44. The molecule has 1 saturated heterocycles. The summed E-state index contributed by atoms with van der Waals surface area (Å²) in [7, 11) is -4.06. The van der Waals surface area contributed by atoms with Gasteiger partial charge in [-0.05, 0) is 47.2 Å². The van der Waals surface area contributed by atoms with Crippen LogP contribution in [-0.2, 0) is 14.8 Å². The van der Waals surface area contributed by atoms with Crippen LogP contribution in [0, 0.1) is 0 Å². The third-order valence-corrected chi connectivity index (χ3v) is 7.16. The van der Waals surface area contributed by atoms with E-state index in [0.717, 1.165) is 22.9 Å². The molecule has 1 amide bonds. The molecule has 0 saturated carbocycles. The number of rotatable bonds is 4. The van der Waals surface area contributed by atoms with E-state index >= 15 is 0 Å². The van der Waals surface area contributed by atoms with Gasteiger partial charge >= 0.3 is 0 Å². The highest BCUT2D eigenvalue weighted by Crippen LogP contribution is 2.35. The Morgan fingerprint density at radius 1 is 0.938 bits per heavy atom. The van der Waals surface area contributed by atoms with Crippen LogP contribution in [0.5, 0.6) is 11.5 Å². The molecule has 0 aromatic heterocycles. The molecule has 0 unspecified atom stereocenters. The Hall–Kier alpha value is -3.56. The summed E-state index contributed by atoms with van der Waals surface area (Å²) >= 11 is 0.969. The number of nitrogens with zero attached hydrogens (tertiary/aromatic N) is 1. The van der Waals surface area contributed by atoms with E-state index in [-0.39, 0.29) is 16.9 Å². The minimum absolute atomic E-state index is 0.00450. The number of hydrogen-bond donors (Lipinski definition) is 1. The fourth-order valence-corrected chi connectivity index (χ4v) is 5.54. The van der Waals surface area contributed by atoms with E-state index in [0.29, 0.717) is 22.0 Å². The molecule has 3 aromatic carbocycles. The van der Waals surface area contributed by atoms with Crippen LogP contribution in [-0.4, -0.2) is 26.3 Å². The van der Waals surface area contributed by atoms with Crippen molar-refractivity contribution in [2.75, 3.05) is 6.79 Å². The third kappa shape index (κ3) is 4.00. The first kappa shape index (κ1) is 20.3. The zero-order chi connectivity index (χ0) is 22.1. The summed E-state index contributed by atoms with van der Waals surface area (Å²) in [6, 6.07) is 21.2. The molecule has 160 valence electrons. The van der Waals surface area contributed by atoms with Crippen LogP contribution >= 0.6 is 11.8 Å². The van der Waals surface area contributed by atoms with E-state index < -0.39 is 15.9 Å². The van der Waals surface area contributed by atoms with E-state index in [1.54, 1.807) is 42.5 Å². The monoisotopic (exact) mass is 464 g/mol. The Morgan fingerprint density at radius 2 is 1.69 bits per heavy atom. The van der Waals surface area contributed by atoms with Crippen molar-refractivity contribution in [3.63, 3.8) is 0 Å². The maximum absolute atomic E-state index is 13.1. The first-order chi connectivity index (χ1) is 15.5. The second kappa shape index (κ2) is 8.18. The summed E-state index contributed by atoms with van der Waals surface area (Å²) in [6.45, 7) is 0.156. The number of fused-ring (bicyclic) bond motifs is 1. The summed E-state index contributed by atoms with van der Waals surface area (Å²) in [5, 5.41) is 2.54. The smallest absolute Gasteiger partial charge is 0.285 e. The standard InChI is InChI=1S/C23H16N2O5S2/c26-22-20(13-15-10-11-18-19(12-15)30-14-29-18)31-23(24-22)25-32(27,28)21-9-5-4-8-17(21)16-6-2-1-3-7-16/h1-13H,14H2,(H,24,25,26). The minimum Gasteiger partial charge on any atom is -0.454 e. The second-order valence-electron chi connectivity index (χ2n) is 6.91. The maximum atomic E-state index is 13.1. The molecule has 3 aromatic rings. The molecule has 2 aliphatic heterocycles. The lowest BCUT2D eigenvalue weighted by molar-refractivity contribution is -0.115. The molecule has 7 nitrogen and oxygen atoms in total. The molecule has 2 heterocycles. The predicted octanol–water partition coefficient (Wildman–Crippen LogP) is 4.03. The zero-order valence-corrected chi connectivity index (χ0v) is 18.2. The van der Waals surface area contributed by atoms with Gasteiger partial charge < -0.3 is 9.47 Å². The van der Waals surface area contributed by atoms with Gasteiger partial charge in [0.25, 0.3) is 15.9 Å². The van der Waals surface area contributed by atoms with Gasteiger partial charge in [-0.3, -0.25) is 10.1 Å². The van der Waals surface area contributed by atoms with Crippen molar-refractivity contribution < 1.29 is 22.7 Å². The summed E-state index contributed by atoms with van der Waals surface area (Å²) < 4.78 is 40.7. The number of amidine groups is 1. The van der Waals surface area contributed by atoms with Gasteiger partial charge in [-0.25, -0.2) is 0 Å². The molecule has 1 fully saturated rings. The van der Waals surface area contributed by atoms with Crippen LogP contribution < -0.4 is 14.8 Å². The molecule has 9 heteroatoms. The molecule has 0 radical (unpaired) electrons. The van der Waals surface area contributed by atoms with Crippen molar-refractivity contribution in [2.45, 2.75) is 4.90 Å². The van der Waals surface area contributed by atoms with Crippen LogP contribution in [0.3, 0.4) is 0 Å². The molecule has 32 heavy (non-hydrogen) atoms. The first-order valence-corrected chi connectivity index (χ1v) is 11.9. The zero-order valence-electron chi connectivity index (χ0n) is 16.5. The molecular formula is C23H16N2O5S2. The molecule has 0 spiro atoms. The lowest BCUT2D eigenvalue weighted by Crippen LogP contribution is -2.21. The number of sulfonamides is 1. The average molecular weight is 465 g/mol.